The Morgan fingerprint density at radius 1 is 1.16 bits per heavy atom. The topological polar surface area (TPSA) is 94.0 Å². The van der Waals surface area contributed by atoms with Crippen LogP contribution in [-0.2, 0) is 10.0 Å². The smallest absolute Gasteiger partial charge is 0.251 e. The van der Waals surface area contributed by atoms with E-state index in [1.807, 2.05) is 0 Å². The number of aromatic nitrogens is 3. The minimum atomic E-state index is -4.19. The molecule has 1 atom stereocenters. The molecule has 1 unspecified atom stereocenters. The highest BCUT2D eigenvalue weighted by molar-refractivity contribution is 9.10. The maximum Gasteiger partial charge on any atom is 0.251 e. The van der Waals surface area contributed by atoms with Gasteiger partial charge in [0.1, 0.15) is 39.4 Å². The first-order valence-corrected chi connectivity index (χ1v) is 15.6. The fourth-order valence-electron chi connectivity index (χ4n) is 5.10. The lowest BCUT2D eigenvalue weighted by Crippen LogP contribution is -2.40. The largest absolute Gasteiger partial charge is 0.457 e. The number of carbonyl (C=O) groups is 1. The van der Waals surface area contributed by atoms with E-state index in [0.29, 0.717) is 27.8 Å². The van der Waals surface area contributed by atoms with Gasteiger partial charge in [0.15, 0.2) is 0 Å². The van der Waals surface area contributed by atoms with Gasteiger partial charge >= 0.3 is 0 Å². The number of ketones is 1. The number of imidazole rings is 1. The van der Waals surface area contributed by atoms with Crippen molar-refractivity contribution in [2.24, 2.45) is 0 Å². The summed E-state index contributed by atoms with van der Waals surface area (Å²) >= 11 is 3.35. The van der Waals surface area contributed by atoms with Gasteiger partial charge in [0.05, 0.1) is 17.3 Å². The fraction of sp³-hybridized carbons (Fsp3) is 0.0909. The molecule has 0 fully saturated rings. The maximum atomic E-state index is 14.9. The predicted molar refractivity (Wildman–Crippen MR) is 169 cm³/mol. The monoisotopic (exact) mass is 675 g/mol. The standard InChI is InChI=1S/C33H24BrF2N3O4S/c1-3-23-24-14-16-39(44(41,42)33(2)15-5-4-9-30(33)36)28(24)12-13-29(23)43-22-10-11-26(35)25(18-22)32-37-19-27(38-32)31(40)20-7-6-8-21(34)17-20/h3-14,16-19H,1,15H2,2H3,(H,37,38). The molecule has 0 saturated carbocycles. The van der Waals surface area contributed by atoms with Gasteiger partial charge in [0.2, 0.25) is 5.78 Å². The van der Waals surface area contributed by atoms with Gasteiger partial charge in [-0.15, -0.1) is 0 Å². The molecule has 2 aromatic heterocycles. The Morgan fingerprint density at radius 3 is 2.73 bits per heavy atom. The van der Waals surface area contributed by atoms with Crippen LogP contribution < -0.4 is 4.74 Å². The molecule has 11 heteroatoms. The Bertz CT molecular complexity index is 2150. The Morgan fingerprint density at radius 2 is 1.98 bits per heavy atom. The average Bonchev–Trinajstić information content (AvgIpc) is 3.67. The van der Waals surface area contributed by atoms with Crippen molar-refractivity contribution in [1.29, 1.82) is 0 Å². The molecule has 1 aliphatic rings. The number of rotatable bonds is 8. The van der Waals surface area contributed by atoms with Gasteiger partial charge in [-0.1, -0.05) is 52.9 Å². The quantitative estimate of drug-likeness (QED) is 0.167. The highest BCUT2D eigenvalue weighted by Crippen LogP contribution is 2.40. The van der Waals surface area contributed by atoms with Crippen molar-refractivity contribution < 1.29 is 26.7 Å². The Balaban J connectivity index is 1.32. The third kappa shape index (κ3) is 4.91. The number of hydrogen-bond acceptors (Lipinski definition) is 5. The third-order valence-corrected chi connectivity index (χ3v) is 10.4. The number of halogens is 3. The molecule has 0 spiro atoms. The van der Waals surface area contributed by atoms with E-state index < -0.39 is 26.4 Å². The number of ether oxygens (including phenoxy) is 1. The SMILES string of the molecule is C=Cc1c(Oc2ccc(F)c(-c3ncc(C(=O)c4cccc(Br)c4)[nH]3)c2)ccc2c1ccn2S(=O)(=O)C1(C)CC=CC=C1F. The first-order valence-electron chi connectivity index (χ1n) is 13.4. The van der Waals surface area contributed by atoms with Crippen molar-refractivity contribution in [3.63, 3.8) is 0 Å². The van der Waals surface area contributed by atoms with Crippen LogP contribution in [0.1, 0.15) is 35.0 Å². The van der Waals surface area contributed by atoms with Crippen LogP contribution in [0.4, 0.5) is 8.78 Å². The second-order valence-electron chi connectivity index (χ2n) is 10.3. The summed E-state index contributed by atoms with van der Waals surface area (Å²) in [6, 6.07) is 15.7. The van der Waals surface area contributed by atoms with E-state index in [4.69, 9.17) is 4.74 Å². The van der Waals surface area contributed by atoms with E-state index in [1.165, 1.54) is 49.7 Å². The summed E-state index contributed by atoms with van der Waals surface area (Å²) in [6.07, 6.45) is 8.52. The predicted octanol–water partition coefficient (Wildman–Crippen LogP) is 8.35. The van der Waals surface area contributed by atoms with Crippen LogP contribution in [0, 0.1) is 5.82 Å². The van der Waals surface area contributed by atoms with Gasteiger partial charge in [0, 0.05) is 27.2 Å². The molecular weight excluding hydrogens is 652 g/mol. The lowest BCUT2D eigenvalue weighted by Gasteiger charge is -2.29. The molecule has 6 rings (SSSR count). The summed E-state index contributed by atoms with van der Waals surface area (Å²) in [7, 11) is -4.19. The Labute approximate surface area is 260 Å². The first kappa shape index (κ1) is 29.5. The number of hydrogen-bond donors (Lipinski definition) is 1. The molecule has 1 aliphatic carbocycles. The van der Waals surface area contributed by atoms with E-state index in [0.717, 1.165) is 14.5 Å². The number of fused-ring (bicyclic) bond motifs is 1. The highest BCUT2D eigenvalue weighted by Gasteiger charge is 2.45. The molecule has 0 amide bonds. The number of nitrogens with zero attached hydrogens (tertiary/aromatic N) is 2. The second-order valence-corrected chi connectivity index (χ2v) is 13.5. The first-order chi connectivity index (χ1) is 21.0. The number of allylic oxidation sites excluding steroid dienone is 3. The maximum absolute atomic E-state index is 14.9. The molecule has 3 aromatic carbocycles. The number of nitrogens with one attached hydrogen (secondary N) is 1. The molecule has 7 nitrogen and oxygen atoms in total. The molecule has 0 bridgehead atoms. The zero-order chi connectivity index (χ0) is 31.2. The van der Waals surface area contributed by atoms with Crippen molar-refractivity contribution >= 4 is 48.7 Å². The third-order valence-electron chi connectivity index (χ3n) is 7.59. The summed E-state index contributed by atoms with van der Waals surface area (Å²) < 4.78 is 63.2. The Hall–Kier alpha value is -4.61. The molecule has 44 heavy (non-hydrogen) atoms. The van der Waals surface area contributed by atoms with Crippen LogP contribution >= 0.6 is 15.9 Å². The Kier molecular flexibility index (Phi) is 7.46. The van der Waals surface area contributed by atoms with Crippen LogP contribution in [-0.4, -0.2) is 32.9 Å². The van der Waals surface area contributed by atoms with E-state index in [-0.39, 0.29) is 35.0 Å². The van der Waals surface area contributed by atoms with Crippen molar-refractivity contribution in [3.05, 3.63) is 131 Å². The second kappa shape index (κ2) is 11.1. The molecule has 0 saturated heterocycles. The number of benzene rings is 3. The van der Waals surface area contributed by atoms with E-state index in [2.05, 4.69) is 32.5 Å². The lowest BCUT2D eigenvalue weighted by atomic mass is 10.0. The zero-order valence-corrected chi connectivity index (χ0v) is 25.6. The van der Waals surface area contributed by atoms with Crippen molar-refractivity contribution in [3.8, 4) is 22.9 Å². The van der Waals surface area contributed by atoms with Gasteiger partial charge in [-0.05, 0) is 68.0 Å². The summed E-state index contributed by atoms with van der Waals surface area (Å²) in [5.74, 6) is -0.881. The molecular formula is C33H24BrF2N3O4S. The van der Waals surface area contributed by atoms with Crippen LogP contribution in [0.3, 0.4) is 0 Å². The van der Waals surface area contributed by atoms with Crippen LogP contribution in [0.5, 0.6) is 11.5 Å². The summed E-state index contributed by atoms with van der Waals surface area (Å²) in [5.41, 5.74) is 1.53. The molecule has 0 aliphatic heterocycles. The fourth-order valence-corrected chi connectivity index (χ4v) is 7.20. The van der Waals surface area contributed by atoms with Gasteiger partial charge in [0.25, 0.3) is 10.0 Å². The molecule has 2 heterocycles. The molecule has 5 aromatic rings. The number of H-pyrrole nitrogens is 1. The van der Waals surface area contributed by atoms with Crippen LogP contribution in [0.15, 0.2) is 108 Å². The highest BCUT2D eigenvalue weighted by atomic mass is 79.9. The minimum Gasteiger partial charge on any atom is -0.457 e. The van der Waals surface area contributed by atoms with E-state index >= 15 is 0 Å². The van der Waals surface area contributed by atoms with Gasteiger partial charge < -0.3 is 9.72 Å². The van der Waals surface area contributed by atoms with Gasteiger partial charge in [-0.25, -0.2) is 26.2 Å². The van der Waals surface area contributed by atoms with Crippen molar-refractivity contribution in [1.82, 2.24) is 13.9 Å². The number of aromatic amines is 1. The molecule has 0 radical (unpaired) electrons. The van der Waals surface area contributed by atoms with Gasteiger partial charge in [-0.3, -0.25) is 4.79 Å². The normalized spacial score (nSPS) is 16.6. The molecule has 222 valence electrons. The van der Waals surface area contributed by atoms with Gasteiger partial charge in [-0.2, -0.15) is 0 Å². The van der Waals surface area contributed by atoms with Crippen molar-refractivity contribution in [2.75, 3.05) is 0 Å². The van der Waals surface area contributed by atoms with Crippen molar-refractivity contribution in [2.45, 2.75) is 18.1 Å². The minimum absolute atomic E-state index is 0.00485. The molecule has 1 N–H and O–H groups in total. The summed E-state index contributed by atoms with van der Waals surface area (Å²) in [4.78, 5) is 20.0. The number of carbonyl (C=O) groups excluding carboxylic acids is 1. The average molecular weight is 677 g/mol. The van der Waals surface area contributed by atoms with Crippen LogP contribution in [0.25, 0.3) is 28.4 Å². The zero-order valence-electron chi connectivity index (χ0n) is 23.2. The van der Waals surface area contributed by atoms with E-state index in [9.17, 15) is 22.0 Å². The summed E-state index contributed by atoms with van der Waals surface area (Å²) in [5, 5.41) is 0.518. The van der Waals surface area contributed by atoms with E-state index in [1.54, 1.807) is 48.5 Å². The lowest BCUT2D eigenvalue weighted by molar-refractivity contribution is 0.103. The van der Waals surface area contributed by atoms with Crippen LogP contribution in [0.2, 0.25) is 0 Å². The summed E-state index contributed by atoms with van der Waals surface area (Å²) in [6.45, 7) is 5.23.